The van der Waals surface area contributed by atoms with Crippen molar-refractivity contribution in [3.05, 3.63) is 30.1 Å². The summed E-state index contributed by atoms with van der Waals surface area (Å²) in [5.74, 6) is 0.331. The summed E-state index contributed by atoms with van der Waals surface area (Å²) in [6, 6.07) is 5.75. The zero-order valence-corrected chi connectivity index (χ0v) is 16.2. The van der Waals surface area contributed by atoms with E-state index in [2.05, 4.69) is 15.1 Å². The Kier molecular flexibility index (Phi) is 8.02. The third-order valence-electron chi connectivity index (χ3n) is 5.18. The smallest absolute Gasteiger partial charge is 0.234 e. The van der Waals surface area contributed by atoms with E-state index in [9.17, 15) is 14.3 Å². The summed E-state index contributed by atoms with van der Waals surface area (Å²) in [5.41, 5.74) is 0. The van der Waals surface area contributed by atoms with E-state index >= 15 is 0 Å². The van der Waals surface area contributed by atoms with Crippen LogP contribution in [-0.4, -0.2) is 92.0 Å². The van der Waals surface area contributed by atoms with Gasteiger partial charge < -0.3 is 24.8 Å². The van der Waals surface area contributed by atoms with Crippen molar-refractivity contribution in [2.24, 2.45) is 0 Å². The summed E-state index contributed by atoms with van der Waals surface area (Å²) in [7, 11) is 0. The standard InChI is InChI=1S/C20H30FN3O4/c21-16-2-4-17(5-3-16)28-11-1-7-23-8-6-19(25)18(14-23)22-20(26)15-24-9-12-27-13-10-24/h2-5,18-19,25H,1,6-15H2,(H,22,26)/t18-,19+/m1/s1. The van der Waals surface area contributed by atoms with E-state index in [0.29, 0.717) is 45.1 Å². The maximum atomic E-state index is 12.9. The monoisotopic (exact) mass is 395 g/mol. The van der Waals surface area contributed by atoms with Crippen LogP contribution in [0.4, 0.5) is 4.39 Å². The average Bonchev–Trinajstić information content (AvgIpc) is 2.70. The summed E-state index contributed by atoms with van der Waals surface area (Å²) in [6.45, 7) is 5.99. The van der Waals surface area contributed by atoms with Crippen LogP contribution in [0.3, 0.4) is 0 Å². The molecule has 8 heteroatoms. The first-order valence-corrected chi connectivity index (χ1v) is 9.98. The third kappa shape index (κ3) is 6.70. The first-order chi connectivity index (χ1) is 13.6. The van der Waals surface area contributed by atoms with Gasteiger partial charge in [0.15, 0.2) is 0 Å². The van der Waals surface area contributed by atoms with Crippen molar-refractivity contribution in [1.82, 2.24) is 15.1 Å². The molecule has 0 unspecified atom stereocenters. The van der Waals surface area contributed by atoms with Crippen LogP contribution in [0.5, 0.6) is 5.75 Å². The number of carbonyl (C=O) groups is 1. The Morgan fingerprint density at radius 2 is 1.96 bits per heavy atom. The van der Waals surface area contributed by atoms with Crippen molar-refractivity contribution in [1.29, 1.82) is 0 Å². The number of amides is 1. The van der Waals surface area contributed by atoms with Crippen molar-refractivity contribution in [3.8, 4) is 5.75 Å². The van der Waals surface area contributed by atoms with Gasteiger partial charge >= 0.3 is 0 Å². The first kappa shape index (κ1) is 21.0. The van der Waals surface area contributed by atoms with Crippen molar-refractivity contribution in [2.45, 2.75) is 25.0 Å². The Hall–Kier alpha value is -1.74. The lowest BCUT2D eigenvalue weighted by molar-refractivity contribution is -0.125. The largest absolute Gasteiger partial charge is 0.494 e. The van der Waals surface area contributed by atoms with Gasteiger partial charge in [0.2, 0.25) is 5.91 Å². The molecule has 0 radical (unpaired) electrons. The molecule has 1 aromatic carbocycles. The number of morpholine rings is 1. The fourth-order valence-corrected chi connectivity index (χ4v) is 3.58. The predicted octanol–water partition coefficient (Wildman–Crippen LogP) is 0.478. The highest BCUT2D eigenvalue weighted by atomic mass is 19.1. The molecule has 0 aliphatic carbocycles. The summed E-state index contributed by atoms with van der Waals surface area (Å²) in [6.07, 6.45) is 0.948. The van der Waals surface area contributed by atoms with Gasteiger partial charge in [0.05, 0.1) is 38.5 Å². The van der Waals surface area contributed by atoms with Crippen LogP contribution in [-0.2, 0) is 9.53 Å². The van der Waals surface area contributed by atoms with Gasteiger partial charge in [-0.3, -0.25) is 9.69 Å². The second kappa shape index (κ2) is 10.7. The maximum absolute atomic E-state index is 12.9. The Balaban J connectivity index is 1.36. The van der Waals surface area contributed by atoms with Crippen LogP contribution in [0.1, 0.15) is 12.8 Å². The molecule has 2 heterocycles. The van der Waals surface area contributed by atoms with Crippen LogP contribution in [0, 0.1) is 5.82 Å². The van der Waals surface area contributed by atoms with Gasteiger partial charge in [-0.05, 0) is 37.1 Å². The molecule has 2 saturated heterocycles. The van der Waals surface area contributed by atoms with Crippen molar-refractivity contribution < 1.29 is 23.8 Å². The van der Waals surface area contributed by atoms with Gasteiger partial charge in [0.1, 0.15) is 11.6 Å². The van der Waals surface area contributed by atoms with Crippen LogP contribution >= 0.6 is 0 Å². The van der Waals surface area contributed by atoms with E-state index in [0.717, 1.165) is 32.6 Å². The number of carbonyl (C=O) groups excluding carboxylic acids is 1. The number of benzene rings is 1. The normalized spacial score (nSPS) is 24.1. The molecule has 0 aromatic heterocycles. The highest BCUT2D eigenvalue weighted by molar-refractivity contribution is 5.78. The summed E-state index contributed by atoms with van der Waals surface area (Å²) in [4.78, 5) is 16.6. The Bertz CT molecular complexity index is 610. The van der Waals surface area contributed by atoms with Crippen LogP contribution in [0.15, 0.2) is 24.3 Å². The second-order valence-corrected chi connectivity index (χ2v) is 7.38. The maximum Gasteiger partial charge on any atom is 0.234 e. The van der Waals surface area contributed by atoms with E-state index in [1.165, 1.54) is 12.1 Å². The second-order valence-electron chi connectivity index (χ2n) is 7.38. The van der Waals surface area contributed by atoms with Gasteiger partial charge in [-0.25, -0.2) is 4.39 Å². The molecule has 2 aliphatic heterocycles. The van der Waals surface area contributed by atoms with Gasteiger partial charge in [0, 0.05) is 32.7 Å². The van der Waals surface area contributed by atoms with E-state index in [1.54, 1.807) is 12.1 Å². The van der Waals surface area contributed by atoms with Crippen molar-refractivity contribution >= 4 is 5.91 Å². The minimum absolute atomic E-state index is 0.0487. The average molecular weight is 395 g/mol. The van der Waals surface area contributed by atoms with E-state index < -0.39 is 6.10 Å². The zero-order chi connectivity index (χ0) is 19.8. The number of likely N-dealkylation sites (tertiary alicyclic amines) is 1. The molecule has 2 N–H and O–H groups in total. The molecule has 0 saturated carbocycles. The summed E-state index contributed by atoms with van der Waals surface area (Å²) in [5, 5.41) is 13.2. The van der Waals surface area contributed by atoms with E-state index in [4.69, 9.17) is 9.47 Å². The molecule has 156 valence electrons. The Labute approximate surface area is 165 Å². The molecule has 2 fully saturated rings. The highest BCUT2D eigenvalue weighted by Gasteiger charge is 2.29. The van der Waals surface area contributed by atoms with Gasteiger partial charge in [0.25, 0.3) is 0 Å². The molecule has 2 aliphatic rings. The number of piperidine rings is 1. The topological polar surface area (TPSA) is 74.3 Å². The zero-order valence-electron chi connectivity index (χ0n) is 16.2. The van der Waals surface area contributed by atoms with Gasteiger partial charge in [-0.1, -0.05) is 0 Å². The van der Waals surface area contributed by atoms with Crippen molar-refractivity contribution in [3.63, 3.8) is 0 Å². The molecular weight excluding hydrogens is 365 g/mol. The number of aliphatic hydroxyl groups is 1. The van der Waals surface area contributed by atoms with Crippen LogP contribution in [0.2, 0.25) is 0 Å². The predicted molar refractivity (Wildman–Crippen MR) is 103 cm³/mol. The minimum Gasteiger partial charge on any atom is -0.494 e. The fourth-order valence-electron chi connectivity index (χ4n) is 3.58. The molecule has 0 bridgehead atoms. The Morgan fingerprint density at radius 3 is 2.71 bits per heavy atom. The highest BCUT2D eigenvalue weighted by Crippen LogP contribution is 2.14. The number of hydrogen-bond acceptors (Lipinski definition) is 6. The number of halogens is 1. The lowest BCUT2D eigenvalue weighted by Crippen LogP contribution is -2.57. The third-order valence-corrected chi connectivity index (χ3v) is 5.18. The lowest BCUT2D eigenvalue weighted by atomic mass is 10.0. The number of aliphatic hydroxyl groups excluding tert-OH is 1. The molecule has 1 amide bonds. The Morgan fingerprint density at radius 1 is 1.21 bits per heavy atom. The number of hydrogen-bond donors (Lipinski definition) is 2. The van der Waals surface area contributed by atoms with E-state index in [1.807, 2.05) is 0 Å². The van der Waals surface area contributed by atoms with E-state index in [-0.39, 0.29) is 17.8 Å². The minimum atomic E-state index is -0.514. The number of rotatable bonds is 8. The molecule has 0 spiro atoms. The van der Waals surface area contributed by atoms with Crippen LogP contribution in [0.25, 0.3) is 0 Å². The molecule has 7 nitrogen and oxygen atoms in total. The van der Waals surface area contributed by atoms with Crippen LogP contribution < -0.4 is 10.1 Å². The molecule has 1 aromatic rings. The molecule has 2 atom stereocenters. The van der Waals surface area contributed by atoms with Gasteiger partial charge in [-0.2, -0.15) is 0 Å². The first-order valence-electron chi connectivity index (χ1n) is 9.98. The molecule has 28 heavy (non-hydrogen) atoms. The van der Waals surface area contributed by atoms with Crippen molar-refractivity contribution in [2.75, 3.05) is 59.1 Å². The quantitative estimate of drug-likeness (QED) is 0.624. The fraction of sp³-hybridized carbons (Fsp3) is 0.650. The SMILES string of the molecule is O=C(CN1CCOCC1)N[C@@H]1CN(CCCOc2ccc(F)cc2)CC[C@@H]1O. The molecular formula is C20H30FN3O4. The number of nitrogens with zero attached hydrogens (tertiary/aromatic N) is 2. The summed E-state index contributed by atoms with van der Waals surface area (Å²) < 4.78 is 23.8. The van der Waals surface area contributed by atoms with Gasteiger partial charge in [-0.15, -0.1) is 0 Å². The number of ether oxygens (including phenoxy) is 2. The summed E-state index contributed by atoms with van der Waals surface area (Å²) >= 11 is 0. The number of nitrogens with one attached hydrogen (secondary N) is 1. The lowest BCUT2D eigenvalue weighted by Gasteiger charge is -2.37. The molecule has 3 rings (SSSR count).